The van der Waals surface area contributed by atoms with E-state index in [0.29, 0.717) is 24.0 Å². The van der Waals surface area contributed by atoms with Gasteiger partial charge in [-0.1, -0.05) is 25.2 Å². The Morgan fingerprint density at radius 2 is 1.87 bits per heavy atom. The number of hydrogen-bond acceptors (Lipinski definition) is 6. The lowest BCUT2D eigenvalue weighted by molar-refractivity contribution is 0.0978. The van der Waals surface area contributed by atoms with Gasteiger partial charge in [0, 0.05) is 25.3 Å². The van der Waals surface area contributed by atoms with Crippen molar-refractivity contribution in [1.82, 2.24) is 19.7 Å². The average Bonchev–Trinajstić information content (AvgIpc) is 3.33. The Morgan fingerprint density at radius 3 is 2.48 bits per heavy atom. The number of aromatic nitrogens is 3. The number of halogens is 1. The molecule has 0 unspecified atom stereocenters. The minimum atomic E-state index is -0.110. The summed E-state index contributed by atoms with van der Waals surface area (Å²) < 4.78 is 8.47. The van der Waals surface area contributed by atoms with E-state index < -0.39 is 0 Å². The Morgan fingerprint density at radius 1 is 1.13 bits per heavy atom. The largest absolute Gasteiger partial charge is 0.494 e. The zero-order valence-electron chi connectivity index (χ0n) is 18.9. The molecule has 0 fully saturated rings. The lowest BCUT2D eigenvalue weighted by Crippen LogP contribution is -2.39. The molecule has 2 heterocycles. The van der Waals surface area contributed by atoms with E-state index in [4.69, 9.17) is 9.72 Å². The van der Waals surface area contributed by atoms with E-state index in [1.165, 1.54) is 11.3 Å². The summed E-state index contributed by atoms with van der Waals surface area (Å²) in [5.41, 5.74) is 2.31. The first kappa shape index (κ1) is 25.1. The van der Waals surface area contributed by atoms with E-state index in [2.05, 4.69) is 23.8 Å². The van der Waals surface area contributed by atoms with Gasteiger partial charge in [-0.05, 0) is 58.1 Å². The quantitative estimate of drug-likeness (QED) is 0.436. The molecule has 0 radical (unpaired) electrons. The third-order valence-corrected chi connectivity index (χ3v) is 6.21. The normalized spacial score (nSPS) is 11.0. The van der Waals surface area contributed by atoms with Gasteiger partial charge in [-0.15, -0.1) is 12.4 Å². The molecule has 7 nitrogen and oxygen atoms in total. The maximum Gasteiger partial charge on any atom is 0.280 e. The molecule has 0 atom stereocenters. The number of aryl methyl sites for hydroxylation is 2. The lowest BCUT2D eigenvalue weighted by Gasteiger charge is -2.24. The SMILES string of the molecule is CCOc1ccc2nc(N(CCN(CC)CC)C(=O)c3cc(C)n(CC)n3)sc2c1.Cl. The van der Waals surface area contributed by atoms with Crippen molar-refractivity contribution in [1.29, 1.82) is 0 Å². The molecule has 0 aliphatic heterocycles. The molecule has 1 amide bonds. The summed E-state index contributed by atoms with van der Waals surface area (Å²) in [6.07, 6.45) is 0. The van der Waals surface area contributed by atoms with E-state index in [-0.39, 0.29) is 18.3 Å². The van der Waals surface area contributed by atoms with Crippen LogP contribution in [0.1, 0.15) is 43.9 Å². The number of likely N-dealkylation sites (N-methyl/N-ethyl adjacent to an activating group) is 1. The maximum absolute atomic E-state index is 13.4. The lowest BCUT2D eigenvalue weighted by atomic mass is 10.3. The highest BCUT2D eigenvalue weighted by molar-refractivity contribution is 7.22. The molecule has 2 aromatic heterocycles. The highest BCUT2D eigenvalue weighted by Crippen LogP contribution is 2.32. The number of anilines is 1. The van der Waals surface area contributed by atoms with Crippen molar-refractivity contribution in [2.75, 3.05) is 37.7 Å². The number of benzene rings is 1. The van der Waals surface area contributed by atoms with Gasteiger partial charge in [-0.2, -0.15) is 5.10 Å². The van der Waals surface area contributed by atoms with Gasteiger partial charge in [0.2, 0.25) is 0 Å². The predicted octanol–water partition coefficient (Wildman–Crippen LogP) is 4.63. The van der Waals surface area contributed by atoms with Gasteiger partial charge in [0.15, 0.2) is 10.8 Å². The first-order valence-electron chi connectivity index (χ1n) is 10.6. The summed E-state index contributed by atoms with van der Waals surface area (Å²) in [5.74, 6) is 0.708. The molecule has 170 valence electrons. The molecule has 0 saturated carbocycles. The van der Waals surface area contributed by atoms with Crippen LogP contribution in [0.3, 0.4) is 0 Å². The van der Waals surface area contributed by atoms with Crippen molar-refractivity contribution in [3.63, 3.8) is 0 Å². The van der Waals surface area contributed by atoms with E-state index in [1.807, 2.05) is 49.7 Å². The molecule has 0 bridgehead atoms. The Bertz CT molecular complexity index is 999. The van der Waals surface area contributed by atoms with E-state index >= 15 is 0 Å². The number of thiazole rings is 1. The topological polar surface area (TPSA) is 63.5 Å². The number of nitrogens with zero attached hydrogens (tertiary/aromatic N) is 5. The minimum Gasteiger partial charge on any atom is -0.494 e. The fraction of sp³-hybridized carbons (Fsp3) is 0.500. The summed E-state index contributed by atoms with van der Waals surface area (Å²) in [7, 11) is 0. The summed E-state index contributed by atoms with van der Waals surface area (Å²) in [5, 5.41) is 5.20. The Labute approximate surface area is 194 Å². The van der Waals surface area contributed by atoms with Gasteiger partial charge in [-0.3, -0.25) is 14.4 Å². The van der Waals surface area contributed by atoms with Crippen molar-refractivity contribution in [3.8, 4) is 5.75 Å². The Hall–Kier alpha value is -2.16. The van der Waals surface area contributed by atoms with E-state index in [1.54, 1.807) is 4.90 Å². The van der Waals surface area contributed by atoms with Gasteiger partial charge in [-0.25, -0.2) is 4.98 Å². The molecule has 0 saturated heterocycles. The highest BCUT2D eigenvalue weighted by atomic mass is 35.5. The van der Waals surface area contributed by atoms with Crippen LogP contribution in [0.5, 0.6) is 5.75 Å². The number of carbonyl (C=O) groups excluding carboxylic acids is 1. The fourth-order valence-electron chi connectivity index (χ4n) is 3.40. The molecule has 0 N–H and O–H groups in total. The molecule has 0 aliphatic carbocycles. The van der Waals surface area contributed by atoms with Crippen LogP contribution in [0.25, 0.3) is 10.2 Å². The molecule has 3 rings (SSSR count). The number of rotatable bonds is 10. The molecule has 0 spiro atoms. The number of ether oxygens (including phenoxy) is 1. The van der Waals surface area contributed by atoms with Crippen LogP contribution in [0.4, 0.5) is 5.13 Å². The van der Waals surface area contributed by atoms with Crippen LogP contribution in [0.15, 0.2) is 24.3 Å². The van der Waals surface area contributed by atoms with Crippen molar-refractivity contribution < 1.29 is 9.53 Å². The summed E-state index contributed by atoms with van der Waals surface area (Å²) in [6.45, 7) is 14.8. The average molecular weight is 466 g/mol. The molecule has 0 aliphatic rings. The number of carbonyl (C=O) groups is 1. The zero-order chi connectivity index (χ0) is 21.7. The van der Waals surface area contributed by atoms with E-state index in [0.717, 1.165) is 47.8 Å². The monoisotopic (exact) mass is 465 g/mol. The number of hydrogen-bond donors (Lipinski definition) is 0. The van der Waals surface area contributed by atoms with Gasteiger partial charge in [0.05, 0.1) is 16.8 Å². The van der Waals surface area contributed by atoms with Crippen molar-refractivity contribution >= 4 is 45.0 Å². The summed E-state index contributed by atoms with van der Waals surface area (Å²) >= 11 is 1.51. The van der Waals surface area contributed by atoms with Crippen LogP contribution in [0.2, 0.25) is 0 Å². The second-order valence-electron chi connectivity index (χ2n) is 7.03. The van der Waals surface area contributed by atoms with Crippen LogP contribution in [-0.2, 0) is 6.54 Å². The molecule has 1 aromatic carbocycles. The molecular formula is C22H32ClN5O2S. The standard InChI is InChI=1S/C22H31N5O2S.ClH/c1-6-25(7-2)12-13-26(21(28)19-14-16(5)27(8-3)24-19)22-23-18-11-10-17(29-9-4)15-20(18)30-22;/h10-11,14-15H,6-9,12-13H2,1-5H3;1H. The van der Waals surface area contributed by atoms with Crippen molar-refractivity contribution in [2.24, 2.45) is 0 Å². The Balaban J connectivity index is 0.00000341. The summed E-state index contributed by atoms with van der Waals surface area (Å²) in [4.78, 5) is 22.3. The second-order valence-corrected chi connectivity index (χ2v) is 8.04. The Kier molecular flexibility index (Phi) is 9.28. The second kappa shape index (κ2) is 11.5. The smallest absolute Gasteiger partial charge is 0.280 e. The third kappa shape index (κ3) is 5.75. The minimum absolute atomic E-state index is 0. The summed E-state index contributed by atoms with van der Waals surface area (Å²) in [6, 6.07) is 7.72. The first-order chi connectivity index (χ1) is 14.5. The predicted molar refractivity (Wildman–Crippen MR) is 130 cm³/mol. The zero-order valence-corrected chi connectivity index (χ0v) is 20.6. The number of fused-ring (bicyclic) bond motifs is 1. The third-order valence-electron chi connectivity index (χ3n) is 5.17. The molecule has 9 heteroatoms. The fourth-order valence-corrected chi connectivity index (χ4v) is 4.42. The first-order valence-corrected chi connectivity index (χ1v) is 11.4. The van der Waals surface area contributed by atoms with E-state index in [9.17, 15) is 4.79 Å². The van der Waals surface area contributed by atoms with Crippen LogP contribution in [-0.4, -0.2) is 58.4 Å². The molecule has 3 aromatic rings. The molecular weight excluding hydrogens is 434 g/mol. The van der Waals surface area contributed by atoms with Crippen LogP contribution < -0.4 is 9.64 Å². The van der Waals surface area contributed by atoms with Crippen molar-refractivity contribution in [3.05, 3.63) is 35.7 Å². The number of amides is 1. The van der Waals surface area contributed by atoms with Gasteiger partial charge < -0.3 is 9.64 Å². The van der Waals surface area contributed by atoms with Crippen LogP contribution >= 0.6 is 23.7 Å². The van der Waals surface area contributed by atoms with Crippen molar-refractivity contribution in [2.45, 2.75) is 41.2 Å². The van der Waals surface area contributed by atoms with Gasteiger partial charge in [0.1, 0.15) is 5.75 Å². The molecule has 31 heavy (non-hydrogen) atoms. The van der Waals surface area contributed by atoms with Gasteiger partial charge in [0.25, 0.3) is 5.91 Å². The highest BCUT2D eigenvalue weighted by Gasteiger charge is 2.24. The maximum atomic E-state index is 13.4. The van der Waals surface area contributed by atoms with Gasteiger partial charge >= 0.3 is 0 Å². The van der Waals surface area contributed by atoms with Crippen LogP contribution in [0, 0.1) is 6.92 Å².